The second kappa shape index (κ2) is 9.73. The van der Waals surface area contributed by atoms with Crippen molar-refractivity contribution in [1.29, 1.82) is 5.26 Å². The molecule has 2 rings (SSSR count). The summed E-state index contributed by atoms with van der Waals surface area (Å²) in [6, 6.07) is 7.78. The van der Waals surface area contributed by atoms with E-state index >= 15 is 0 Å². The van der Waals surface area contributed by atoms with Crippen LogP contribution in [0.5, 0.6) is 23.0 Å². The standard InChI is InChI=1S/C20H19F3N2O5/c1-27-15-8-13(9-16(28-2)18(15)29-3)19(20(21,22)23)25-17(26)11-30-14-7-5-4-6-12(14)10-24/h4-9,19H,11H2,1-3H3,(H,25,26). The highest BCUT2D eigenvalue weighted by Crippen LogP contribution is 2.42. The van der Waals surface area contributed by atoms with Crippen molar-refractivity contribution >= 4 is 5.91 Å². The first kappa shape index (κ1) is 22.7. The van der Waals surface area contributed by atoms with Crippen LogP contribution in [-0.4, -0.2) is 40.0 Å². The molecule has 0 aromatic heterocycles. The third-order valence-corrected chi connectivity index (χ3v) is 4.02. The smallest absolute Gasteiger partial charge is 0.412 e. The van der Waals surface area contributed by atoms with E-state index in [4.69, 9.17) is 24.2 Å². The van der Waals surface area contributed by atoms with Gasteiger partial charge in [0.1, 0.15) is 11.8 Å². The Morgan fingerprint density at radius 1 is 1.07 bits per heavy atom. The lowest BCUT2D eigenvalue weighted by Crippen LogP contribution is -2.40. The molecule has 0 aliphatic carbocycles. The van der Waals surface area contributed by atoms with E-state index in [9.17, 15) is 18.0 Å². The highest BCUT2D eigenvalue weighted by Gasteiger charge is 2.42. The molecule has 0 heterocycles. The van der Waals surface area contributed by atoms with E-state index in [1.165, 1.54) is 33.5 Å². The molecule has 1 atom stereocenters. The van der Waals surface area contributed by atoms with Crippen LogP contribution in [0, 0.1) is 11.3 Å². The highest BCUT2D eigenvalue weighted by molar-refractivity contribution is 5.78. The molecule has 0 radical (unpaired) electrons. The maximum absolute atomic E-state index is 13.7. The number of nitriles is 1. The number of para-hydroxylation sites is 1. The molecule has 1 unspecified atom stereocenters. The first-order valence-electron chi connectivity index (χ1n) is 8.53. The molecule has 160 valence electrons. The lowest BCUT2D eigenvalue weighted by Gasteiger charge is -2.24. The van der Waals surface area contributed by atoms with Gasteiger partial charge >= 0.3 is 6.18 Å². The molecule has 0 bridgehead atoms. The summed E-state index contributed by atoms with van der Waals surface area (Å²) < 4.78 is 61.5. The maximum Gasteiger partial charge on any atom is 0.412 e. The summed E-state index contributed by atoms with van der Waals surface area (Å²) in [5.41, 5.74) is -0.162. The van der Waals surface area contributed by atoms with Gasteiger partial charge in [-0.3, -0.25) is 4.79 Å². The summed E-state index contributed by atoms with van der Waals surface area (Å²) in [7, 11) is 3.85. The van der Waals surface area contributed by atoms with Crippen LogP contribution >= 0.6 is 0 Å². The van der Waals surface area contributed by atoms with Crippen LogP contribution in [0.2, 0.25) is 0 Å². The number of carbonyl (C=O) groups excluding carboxylic acids is 1. The minimum atomic E-state index is -4.81. The van der Waals surface area contributed by atoms with Gasteiger partial charge in [-0.25, -0.2) is 0 Å². The second-order valence-electron chi connectivity index (χ2n) is 5.90. The van der Waals surface area contributed by atoms with Gasteiger partial charge in [-0.2, -0.15) is 18.4 Å². The summed E-state index contributed by atoms with van der Waals surface area (Å²) in [6.45, 7) is -0.713. The quantitative estimate of drug-likeness (QED) is 0.699. The number of amides is 1. The maximum atomic E-state index is 13.7. The summed E-state index contributed by atoms with van der Waals surface area (Å²) in [6.07, 6.45) is -4.81. The number of halogens is 3. The number of hydrogen-bond acceptors (Lipinski definition) is 6. The van der Waals surface area contributed by atoms with E-state index in [0.717, 1.165) is 12.1 Å². The molecule has 1 N–H and O–H groups in total. The van der Waals surface area contributed by atoms with E-state index in [1.54, 1.807) is 12.1 Å². The Morgan fingerprint density at radius 2 is 1.67 bits per heavy atom. The first-order chi connectivity index (χ1) is 14.2. The van der Waals surface area contributed by atoms with Crippen molar-refractivity contribution in [3.8, 4) is 29.1 Å². The lowest BCUT2D eigenvalue weighted by molar-refractivity contribution is -0.164. The molecule has 7 nitrogen and oxygen atoms in total. The molecule has 0 fully saturated rings. The molecule has 0 aliphatic heterocycles. The van der Waals surface area contributed by atoms with Gasteiger partial charge in [0.2, 0.25) is 5.75 Å². The number of alkyl halides is 3. The lowest BCUT2D eigenvalue weighted by atomic mass is 10.0. The van der Waals surface area contributed by atoms with Crippen LogP contribution in [0.25, 0.3) is 0 Å². The minimum Gasteiger partial charge on any atom is -0.493 e. The predicted octanol–water partition coefficient (Wildman–Crippen LogP) is 3.38. The largest absolute Gasteiger partial charge is 0.493 e. The van der Waals surface area contributed by atoms with E-state index in [1.807, 2.05) is 11.4 Å². The average Bonchev–Trinajstić information content (AvgIpc) is 2.74. The average molecular weight is 424 g/mol. The molecule has 30 heavy (non-hydrogen) atoms. The van der Waals surface area contributed by atoms with Crippen LogP contribution in [0.1, 0.15) is 17.2 Å². The molecule has 0 spiro atoms. The van der Waals surface area contributed by atoms with Crippen molar-refractivity contribution in [1.82, 2.24) is 5.32 Å². The van der Waals surface area contributed by atoms with E-state index in [-0.39, 0.29) is 34.1 Å². The van der Waals surface area contributed by atoms with Crippen molar-refractivity contribution in [2.24, 2.45) is 0 Å². The van der Waals surface area contributed by atoms with Gasteiger partial charge in [0.25, 0.3) is 5.91 Å². The Balaban J connectivity index is 2.27. The highest BCUT2D eigenvalue weighted by atomic mass is 19.4. The van der Waals surface area contributed by atoms with Crippen molar-refractivity contribution in [3.05, 3.63) is 47.5 Å². The van der Waals surface area contributed by atoms with Crippen LogP contribution in [-0.2, 0) is 4.79 Å². The Hall–Kier alpha value is -3.61. The Bertz CT molecular complexity index is 916. The van der Waals surface area contributed by atoms with Gasteiger partial charge < -0.3 is 24.3 Å². The van der Waals surface area contributed by atoms with Crippen molar-refractivity contribution < 1.29 is 36.9 Å². The van der Waals surface area contributed by atoms with Crippen LogP contribution < -0.4 is 24.3 Å². The van der Waals surface area contributed by atoms with Gasteiger partial charge in [0, 0.05) is 0 Å². The Morgan fingerprint density at radius 3 is 2.17 bits per heavy atom. The van der Waals surface area contributed by atoms with Gasteiger partial charge in [-0.05, 0) is 29.8 Å². The number of ether oxygens (including phenoxy) is 4. The summed E-state index contributed by atoms with van der Waals surface area (Å²) in [5.74, 6) is -0.804. The third-order valence-electron chi connectivity index (χ3n) is 4.02. The Kier molecular flexibility index (Phi) is 7.36. The minimum absolute atomic E-state index is 0.00884. The number of nitrogens with one attached hydrogen (secondary N) is 1. The monoisotopic (exact) mass is 424 g/mol. The number of benzene rings is 2. The van der Waals surface area contributed by atoms with Crippen LogP contribution in [0.15, 0.2) is 36.4 Å². The molecule has 1 amide bonds. The molecule has 2 aromatic carbocycles. The number of methoxy groups -OCH3 is 3. The van der Waals surface area contributed by atoms with Gasteiger partial charge in [0.05, 0.1) is 26.9 Å². The number of nitrogens with zero attached hydrogens (tertiary/aromatic N) is 1. The summed E-state index contributed by atoms with van der Waals surface area (Å²) in [5, 5.41) is 10.9. The molecule has 2 aromatic rings. The molecule has 0 aliphatic rings. The molecule has 0 saturated heterocycles. The molecule has 10 heteroatoms. The zero-order valence-corrected chi connectivity index (χ0v) is 16.4. The third kappa shape index (κ3) is 5.26. The van der Waals surface area contributed by atoms with Crippen LogP contribution in [0.4, 0.5) is 13.2 Å². The van der Waals surface area contributed by atoms with Crippen molar-refractivity contribution in [2.45, 2.75) is 12.2 Å². The zero-order valence-electron chi connectivity index (χ0n) is 16.4. The first-order valence-corrected chi connectivity index (χ1v) is 8.53. The summed E-state index contributed by atoms with van der Waals surface area (Å²) >= 11 is 0. The van der Waals surface area contributed by atoms with E-state index in [0.29, 0.717) is 0 Å². The molecule has 0 saturated carbocycles. The zero-order chi connectivity index (χ0) is 22.3. The molecular weight excluding hydrogens is 405 g/mol. The number of hydrogen-bond donors (Lipinski definition) is 1. The van der Waals surface area contributed by atoms with Crippen molar-refractivity contribution in [3.63, 3.8) is 0 Å². The normalized spacial score (nSPS) is 11.8. The van der Waals surface area contributed by atoms with Gasteiger partial charge in [-0.15, -0.1) is 0 Å². The molecular formula is C20H19F3N2O5. The van der Waals surface area contributed by atoms with Crippen LogP contribution in [0.3, 0.4) is 0 Å². The van der Waals surface area contributed by atoms with Gasteiger partial charge in [-0.1, -0.05) is 12.1 Å². The number of carbonyl (C=O) groups is 1. The van der Waals surface area contributed by atoms with E-state index < -0.39 is 24.7 Å². The fraction of sp³-hybridized carbons (Fsp3) is 0.300. The predicted molar refractivity (Wildman–Crippen MR) is 99.7 cm³/mol. The fourth-order valence-electron chi connectivity index (χ4n) is 2.65. The summed E-state index contributed by atoms with van der Waals surface area (Å²) in [4.78, 5) is 12.2. The van der Waals surface area contributed by atoms with Crippen molar-refractivity contribution in [2.75, 3.05) is 27.9 Å². The van der Waals surface area contributed by atoms with E-state index in [2.05, 4.69) is 0 Å². The fourth-order valence-corrected chi connectivity index (χ4v) is 2.65. The topological polar surface area (TPSA) is 89.8 Å². The number of rotatable bonds is 8. The second-order valence-corrected chi connectivity index (χ2v) is 5.90. The SMILES string of the molecule is COc1cc(C(NC(=O)COc2ccccc2C#N)C(F)(F)F)cc(OC)c1OC. The van der Waals surface area contributed by atoms with Gasteiger partial charge in [0.15, 0.2) is 24.1 Å². The Labute approximate surface area is 170 Å².